The van der Waals surface area contributed by atoms with Gasteiger partial charge >= 0.3 is 0 Å². The molecule has 1 aromatic carbocycles. The van der Waals surface area contributed by atoms with E-state index in [2.05, 4.69) is 5.32 Å². The molecule has 0 aromatic heterocycles. The Morgan fingerprint density at radius 1 is 1.53 bits per heavy atom. The molecule has 2 rings (SSSR count). The molecule has 0 heterocycles. The Kier molecular flexibility index (Phi) is 2.80. The standard InChI is InChI=1S/C13H15FN2O/c1-13(2)11(6-12(13)17)16-10-4-3-9(14)5-8(10)7-15/h3-5,11-12,16-17H,6H2,1-2H3/t11-,12+/m1/s1. The van der Waals surface area contributed by atoms with E-state index < -0.39 is 5.82 Å². The summed E-state index contributed by atoms with van der Waals surface area (Å²) < 4.78 is 13.0. The first-order chi connectivity index (χ1) is 7.95. The lowest BCUT2D eigenvalue weighted by Gasteiger charge is -2.50. The second kappa shape index (κ2) is 4.01. The number of nitrogens with zero attached hydrogens (tertiary/aromatic N) is 1. The van der Waals surface area contributed by atoms with Crippen LogP contribution in [-0.4, -0.2) is 17.3 Å². The molecule has 0 unspecified atom stereocenters. The van der Waals surface area contributed by atoms with Gasteiger partial charge in [-0.05, 0) is 24.6 Å². The molecular weight excluding hydrogens is 219 g/mol. The molecule has 0 aliphatic heterocycles. The van der Waals surface area contributed by atoms with Crippen LogP contribution in [0.2, 0.25) is 0 Å². The summed E-state index contributed by atoms with van der Waals surface area (Å²) in [7, 11) is 0. The molecule has 1 aliphatic carbocycles. The lowest BCUT2D eigenvalue weighted by molar-refractivity contribution is -0.0510. The van der Waals surface area contributed by atoms with Crippen molar-refractivity contribution in [3.8, 4) is 6.07 Å². The van der Waals surface area contributed by atoms with Crippen LogP contribution >= 0.6 is 0 Å². The number of anilines is 1. The summed E-state index contributed by atoms with van der Waals surface area (Å²) in [5, 5.41) is 21.7. The molecular formula is C13H15FN2O. The van der Waals surface area contributed by atoms with Crippen LogP contribution in [0.15, 0.2) is 18.2 Å². The zero-order chi connectivity index (χ0) is 12.6. The first-order valence-corrected chi connectivity index (χ1v) is 5.59. The van der Waals surface area contributed by atoms with Crippen molar-refractivity contribution in [2.24, 2.45) is 5.41 Å². The van der Waals surface area contributed by atoms with Crippen LogP contribution in [0.5, 0.6) is 0 Å². The van der Waals surface area contributed by atoms with Crippen LogP contribution in [0, 0.1) is 22.6 Å². The molecule has 90 valence electrons. The average Bonchev–Trinajstić information content (AvgIpc) is 2.30. The molecule has 3 nitrogen and oxygen atoms in total. The maximum Gasteiger partial charge on any atom is 0.124 e. The van der Waals surface area contributed by atoms with E-state index in [4.69, 9.17) is 5.26 Å². The van der Waals surface area contributed by atoms with Crippen molar-refractivity contribution in [3.63, 3.8) is 0 Å². The Bertz CT molecular complexity index is 479. The fourth-order valence-corrected chi connectivity index (χ4v) is 2.07. The van der Waals surface area contributed by atoms with Gasteiger partial charge in [0.05, 0.1) is 17.4 Å². The van der Waals surface area contributed by atoms with Gasteiger partial charge in [0.2, 0.25) is 0 Å². The highest BCUT2D eigenvalue weighted by atomic mass is 19.1. The molecule has 1 aliphatic rings. The van der Waals surface area contributed by atoms with E-state index in [0.29, 0.717) is 17.7 Å². The summed E-state index contributed by atoms with van der Waals surface area (Å²) in [5.74, 6) is -0.417. The predicted octanol–water partition coefficient (Wildman–Crippen LogP) is 2.27. The number of hydrogen-bond donors (Lipinski definition) is 2. The fourth-order valence-electron chi connectivity index (χ4n) is 2.07. The van der Waals surface area contributed by atoms with Gasteiger partial charge in [-0.1, -0.05) is 13.8 Å². The van der Waals surface area contributed by atoms with Gasteiger partial charge in [0.1, 0.15) is 11.9 Å². The molecule has 4 heteroatoms. The van der Waals surface area contributed by atoms with E-state index in [9.17, 15) is 9.50 Å². The van der Waals surface area contributed by atoms with Gasteiger partial charge in [0.15, 0.2) is 0 Å². The number of hydrogen-bond acceptors (Lipinski definition) is 3. The first-order valence-electron chi connectivity index (χ1n) is 5.59. The molecule has 2 N–H and O–H groups in total. The number of rotatable bonds is 2. The Balaban J connectivity index is 2.18. The van der Waals surface area contributed by atoms with Crippen LogP contribution in [0.1, 0.15) is 25.8 Å². The molecule has 1 saturated carbocycles. The van der Waals surface area contributed by atoms with E-state index in [1.165, 1.54) is 12.1 Å². The highest BCUT2D eigenvalue weighted by molar-refractivity contribution is 5.58. The number of aliphatic hydroxyl groups is 1. The van der Waals surface area contributed by atoms with Gasteiger partial charge in [-0.3, -0.25) is 0 Å². The normalized spacial score (nSPS) is 25.8. The Hall–Kier alpha value is -1.60. The van der Waals surface area contributed by atoms with Crippen molar-refractivity contribution < 1.29 is 9.50 Å². The van der Waals surface area contributed by atoms with Crippen molar-refractivity contribution in [2.45, 2.75) is 32.4 Å². The zero-order valence-electron chi connectivity index (χ0n) is 9.87. The largest absolute Gasteiger partial charge is 0.392 e. The Morgan fingerprint density at radius 2 is 2.24 bits per heavy atom. The van der Waals surface area contributed by atoms with Crippen molar-refractivity contribution in [1.82, 2.24) is 0 Å². The van der Waals surface area contributed by atoms with Crippen LogP contribution in [0.3, 0.4) is 0 Å². The molecule has 0 bridgehead atoms. The number of nitrogens with one attached hydrogen (secondary N) is 1. The highest BCUT2D eigenvalue weighted by Gasteiger charge is 2.47. The lowest BCUT2D eigenvalue weighted by atomic mass is 9.64. The van der Waals surface area contributed by atoms with E-state index >= 15 is 0 Å². The van der Waals surface area contributed by atoms with Crippen LogP contribution < -0.4 is 5.32 Å². The van der Waals surface area contributed by atoms with Gasteiger partial charge in [-0.15, -0.1) is 0 Å². The third kappa shape index (κ3) is 1.98. The lowest BCUT2D eigenvalue weighted by Crippen LogP contribution is -2.56. The van der Waals surface area contributed by atoms with Crippen LogP contribution in [0.4, 0.5) is 10.1 Å². The van der Waals surface area contributed by atoms with E-state index in [1.807, 2.05) is 19.9 Å². The van der Waals surface area contributed by atoms with Gasteiger partial charge in [0, 0.05) is 11.5 Å². The summed E-state index contributed by atoms with van der Waals surface area (Å²) in [5.41, 5.74) is 0.697. The predicted molar refractivity (Wildman–Crippen MR) is 62.9 cm³/mol. The van der Waals surface area contributed by atoms with E-state index in [0.717, 1.165) is 0 Å². The van der Waals surface area contributed by atoms with Crippen molar-refractivity contribution in [2.75, 3.05) is 5.32 Å². The third-order valence-corrected chi connectivity index (χ3v) is 3.65. The highest BCUT2D eigenvalue weighted by Crippen LogP contribution is 2.42. The minimum atomic E-state index is -0.417. The van der Waals surface area contributed by atoms with Gasteiger partial charge < -0.3 is 10.4 Å². The minimum Gasteiger partial charge on any atom is -0.392 e. The Morgan fingerprint density at radius 3 is 2.76 bits per heavy atom. The Labute approximate surface area is 99.9 Å². The second-order valence-corrected chi connectivity index (χ2v) is 5.07. The fraction of sp³-hybridized carbons (Fsp3) is 0.462. The monoisotopic (exact) mass is 234 g/mol. The third-order valence-electron chi connectivity index (χ3n) is 3.65. The quantitative estimate of drug-likeness (QED) is 0.825. The molecule has 1 fully saturated rings. The molecule has 17 heavy (non-hydrogen) atoms. The van der Waals surface area contributed by atoms with Crippen LogP contribution in [0.25, 0.3) is 0 Å². The second-order valence-electron chi connectivity index (χ2n) is 5.07. The molecule has 2 atom stereocenters. The minimum absolute atomic E-state index is 0.107. The van der Waals surface area contributed by atoms with Gasteiger partial charge in [-0.2, -0.15) is 5.26 Å². The van der Waals surface area contributed by atoms with Crippen molar-refractivity contribution in [3.05, 3.63) is 29.6 Å². The van der Waals surface area contributed by atoms with E-state index in [-0.39, 0.29) is 17.6 Å². The summed E-state index contributed by atoms with van der Waals surface area (Å²) >= 11 is 0. The van der Waals surface area contributed by atoms with Gasteiger partial charge in [0.25, 0.3) is 0 Å². The number of halogens is 1. The van der Waals surface area contributed by atoms with Gasteiger partial charge in [-0.25, -0.2) is 4.39 Å². The maximum atomic E-state index is 13.0. The van der Waals surface area contributed by atoms with Crippen molar-refractivity contribution >= 4 is 5.69 Å². The summed E-state index contributed by atoms with van der Waals surface area (Å²) in [6.07, 6.45) is 0.320. The summed E-state index contributed by atoms with van der Waals surface area (Å²) in [6.45, 7) is 3.93. The number of benzene rings is 1. The molecule has 1 aromatic rings. The molecule has 0 spiro atoms. The number of nitriles is 1. The number of aliphatic hydroxyl groups excluding tert-OH is 1. The molecule has 0 saturated heterocycles. The molecule has 0 radical (unpaired) electrons. The molecule has 0 amide bonds. The average molecular weight is 234 g/mol. The van der Waals surface area contributed by atoms with Crippen LogP contribution in [-0.2, 0) is 0 Å². The van der Waals surface area contributed by atoms with E-state index in [1.54, 1.807) is 6.07 Å². The van der Waals surface area contributed by atoms with Crippen molar-refractivity contribution in [1.29, 1.82) is 5.26 Å². The first kappa shape index (κ1) is 11.9. The zero-order valence-corrected chi connectivity index (χ0v) is 9.87. The smallest absolute Gasteiger partial charge is 0.124 e. The summed E-state index contributed by atoms with van der Waals surface area (Å²) in [4.78, 5) is 0. The SMILES string of the molecule is CC1(C)[C@@H](O)C[C@H]1Nc1ccc(F)cc1C#N. The topological polar surface area (TPSA) is 56.0 Å². The summed E-state index contributed by atoms with van der Waals surface area (Å²) in [6, 6.07) is 6.17. The maximum absolute atomic E-state index is 13.0.